The molecule has 0 atom stereocenters. The van der Waals surface area contributed by atoms with Gasteiger partial charge >= 0.3 is 0 Å². The first kappa shape index (κ1) is 19.3. The third-order valence-electron chi connectivity index (χ3n) is 5.71. The van der Waals surface area contributed by atoms with Gasteiger partial charge in [0.15, 0.2) is 5.16 Å². The molecule has 1 aromatic carbocycles. The predicted molar refractivity (Wildman–Crippen MR) is 116 cm³/mol. The maximum atomic E-state index is 12.0. The lowest BCUT2D eigenvalue weighted by Gasteiger charge is -2.16. The Morgan fingerprint density at radius 1 is 1.43 bits per heavy atom. The number of carbonyl (C=O) groups excluding carboxylic acids is 1. The Labute approximate surface area is 179 Å². The molecule has 2 aliphatic heterocycles. The number of hydrogen-bond acceptors (Lipinski definition) is 7. The summed E-state index contributed by atoms with van der Waals surface area (Å²) in [5.41, 5.74) is 9.35. The lowest BCUT2D eigenvalue weighted by Crippen LogP contribution is -2.29. The fourth-order valence-corrected chi connectivity index (χ4v) is 4.98. The number of ether oxygens (including phenoxy) is 1. The van der Waals surface area contributed by atoms with Gasteiger partial charge in [-0.15, -0.1) is 0 Å². The monoisotopic (exact) mass is 426 g/mol. The van der Waals surface area contributed by atoms with E-state index in [2.05, 4.69) is 39.2 Å². The van der Waals surface area contributed by atoms with Gasteiger partial charge in [0, 0.05) is 30.3 Å². The van der Waals surface area contributed by atoms with Crippen LogP contribution in [0.5, 0.6) is 5.75 Å². The Morgan fingerprint density at radius 3 is 3.10 bits per heavy atom. The second-order valence-electron chi connectivity index (χ2n) is 7.81. The van der Waals surface area contributed by atoms with Gasteiger partial charge in [-0.25, -0.2) is 9.98 Å². The van der Waals surface area contributed by atoms with E-state index in [1.165, 1.54) is 11.1 Å². The molecule has 9 heteroatoms. The molecule has 1 aliphatic carbocycles. The third kappa shape index (κ3) is 3.62. The van der Waals surface area contributed by atoms with E-state index < -0.39 is 0 Å². The van der Waals surface area contributed by atoms with Crippen LogP contribution in [0, 0.1) is 5.92 Å². The molecule has 3 aliphatic rings. The summed E-state index contributed by atoms with van der Waals surface area (Å²) < 4.78 is 7.88. The highest BCUT2D eigenvalue weighted by molar-refractivity contribution is 7.99. The molecular formula is C21H26N6O2S. The van der Waals surface area contributed by atoms with Crippen LogP contribution in [0.4, 0.5) is 5.82 Å². The number of amidine groups is 1. The zero-order valence-corrected chi connectivity index (χ0v) is 17.8. The molecule has 1 saturated carbocycles. The second-order valence-corrected chi connectivity index (χ2v) is 8.82. The lowest BCUT2D eigenvalue weighted by atomic mass is 10.1. The van der Waals surface area contributed by atoms with Crippen LogP contribution >= 0.6 is 11.8 Å². The normalized spacial score (nSPS) is 16.9. The Morgan fingerprint density at radius 2 is 2.30 bits per heavy atom. The van der Waals surface area contributed by atoms with Gasteiger partial charge in [-0.1, -0.05) is 24.8 Å². The minimum atomic E-state index is 0.149. The van der Waals surface area contributed by atoms with Crippen molar-refractivity contribution in [2.45, 2.75) is 49.2 Å². The van der Waals surface area contributed by atoms with Gasteiger partial charge < -0.3 is 25.7 Å². The molecule has 1 amide bonds. The number of nitrogens with two attached hydrogens (primary N) is 1. The number of anilines is 1. The highest BCUT2D eigenvalue weighted by Gasteiger charge is 2.29. The van der Waals surface area contributed by atoms with E-state index in [9.17, 15) is 4.79 Å². The second kappa shape index (κ2) is 7.86. The number of benzene rings is 1. The summed E-state index contributed by atoms with van der Waals surface area (Å²) >= 11 is 1.61. The molecule has 0 unspecified atom stereocenters. The first-order valence-corrected chi connectivity index (χ1v) is 11.3. The van der Waals surface area contributed by atoms with Crippen molar-refractivity contribution in [1.29, 1.82) is 0 Å². The maximum absolute atomic E-state index is 12.0. The molecule has 5 rings (SSSR count). The summed E-state index contributed by atoms with van der Waals surface area (Å²) in [6, 6.07) is 4.38. The Kier molecular flexibility index (Phi) is 5.06. The number of nitrogens with one attached hydrogen (secondary N) is 2. The zero-order valence-electron chi connectivity index (χ0n) is 17.0. The number of aliphatic imine (C=N–C) groups is 1. The number of nitrogens with zero attached hydrogens (tertiary/aromatic N) is 3. The quantitative estimate of drug-likeness (QED) is 0.626. The molecule has 2 aromatic rings. The van der Waals surface area contributed by atoms with Crippen molar-refractivity contribution in [2.75, 3.05) is 25.1 Å². The SMILES string of the molecule is CCc1cc2c(cc1Sc1nc3c(n1CCNC(=O)C1CC1)NCN=C3N)OCC2. The molecule has 8 nitrogen and oxygen atoms in total. The van der Waals surface area contributed by atoms with Gasteiger partial charge in [0.1, 0.15) is 29.8 Å². The summed E-state index contributed by atoms with van der Waals surface area (Å²) in [5, 5.41) is 7.17. The van der Waals surface area contributed by atoms with Crippen LogP contribution in [0.15, 0.2) is 27.2 Å². The lowest BCUT2D eigenvalue weighted by molar-refractivity contribution is -0.122. The van der Waals surface area contributed by atoms with Crippen LogP contribution in [-0.2, 0) is 24.2 Å². The van der Waals surface area contributed by atoms with Crippen molar-refractivity contribution >= 4 is 29.3 Å². The van der Waals surface area contributed by atoms with E-state index in [0.717, 1.165) is 53.9 Å². The topological polar surface area (TPSA) is 107 Å². The minimum absolute atomic E-state index is 0.149. The Bertz CT molecular complexity index is 1030. The van der Waals surface area contributed by atoms with Crippen molar-refractivity contribution in [2.24, 2.45) is 16.6 Å². The number of aromatic nitrogens is 2. The summed E-state index contributed by atoms with van der Waals surface area (Å²) in [6.07, 6.45) is 3.91. The van der Waals surface area contributed by atoms with Crippen LogP contribution in [0.25, 0.3) is 0 Å². The van der Waals surface area contributed by atoms with Crippen molar-refractivity contribution in [1.82, 2.24) is 14.9 Å². The molecule has 30 heavy (non-hydrogen) atoms. The molecule has 1 fully saturated rings. The summed E-state index contributed by atoms with van der Waals surface area (Å²) in [5.74, 6) is 2.63. The van der Waals surface area contributed by atoms with Crippen LogP contribution in [0.3, 0.4) is 0 Å². The minimum Gasteiger partial charge on any atom is -0.493 e. The molecular weight excluding hydrogens is 400 g/mol. The summed E-state index contributed by atoms with van der Waals surface area (Å²) in [4.78, 5) is 22.2. The van der Waals surface area contributed by atoms with E-state index in [1.807, 2.05) is 0 Å². The van der Waals surface area contributed by atoms with Crippen molar-refractivity contribution in [3.63, 3.8) is 0 Å². The van der Waals surface area contributed by atoms with E-state index in [1.54, 1.807) is 11.8 Å². The molecule has 0 saturated heterocycles. The number of rotatable bonds is 7. The average molecular weight is 427 g/mol. The number of hydrogen-bond donors (Lipinski definition) is 3. The molecule has 1 aromatic heterocycles. The van der Waals surface area contributed by atoms with Gasteiger partial charge in [-0.3, -0.25) is 4.79 Å². The van der Waals surface area contributed by atoms with E-state index in [4.69, 9.17) is 15.5 Å². The molecule has 158 valence electrons. The molecule has 0 spiro atoms. The predicted octanol–water partition coefficient (Wildman–Crippen LogP) is 2.15. The van der Waals surface area contributed by atoms with E-state index in [-0.39, 0.29) is 11.8 Å². The molecule has 3 heterocycles. The van der Waals surface area contributed by atoms with E-state index in [0.29, 0.717) is 31.3 Å². The van der Waals surface area contributed by atoms with Gasteiger partial charge in [0.25, 0.3) is 0 Å². The van der Waals surface area contributed by atoms with E-state index >= 15 is 0 Å². The fourth-order valence-electron chi connectivity index (χ4n) is 3.86. The summed E-state index contributed by atoms with van der Waals surface area (Å²) in [6.45, 7) is 4.51. The van der Waals surface area contributed by atoms with Crippen molar-refractivity contribution < 1.29 is 9.53 Å². The molecule has 0 radical (unpaired) electrons. The van der Waals surface area contributed by atoms with Crippen LogP contribution in [-0.4, -0.2) is 41.1 Å². The summed E-state index contributed by atoms with van der Waals surface area (Å²) in [7, 11) is 0. The standard InChI is InChI=1S/C21H26N6O2S/c1-2-12-9-14-5-8-29-15(14)10-16(12)30-21-26-17-18(22)24-11-25-19(17)27(21)7-6-23-20(28)13-3-4-13/h9-10,13,25H,2-8,11H2,1H3,(H2,22,24)(H,23,28). The van der Waals surface area contributed by atoms with Gasteiger partial charge in [-0.2, -0.15) is 0 Å². The number of carbonyl (C=O) groups is 1. The van der Waals surface area contributed by atoms with Crippen LogP contribution in [0.2, 0.25) is 0 Å². The van der Waals surface area contributed by atoms with Crippen molar-refractivity contribution in [3.8, 4) is 5.75 Å². The molecule has 4 N–H and O–H groups in total. The largest absolute Gasteiger partial charge is 0.493 e. The smallest absolute Gasteiger partial charge is 0.223 e. The van der Waals surface area contributed by atoms with Crippen LogP contribution < -0.4 is 21.1 Å². The average Bonchev–Trinajstić information content (AvgIpc) is 3.41. The fraction of sp³-hybridized carbons (Fsp3) is 0.476. The Hall–Kier alpha value is -2.68. The maximum Gasteiger partial charge on any atom is 0.223 e. The Balaban J connectivity index is 1.44. The highest BCUT2D eigenvalue weighted by atomic mass is 32.2. The number of imidazole rings is 1. The van der Waals surface area contributed by atoms with Crippen molar-refractivity contribution in [3.05, 3.63) is 29.0 Å². The first-order chi connectivity index (χ1) is 14.6. The van der Waals surface area contributed by atoms with Gasteiger partial charge in [-0.05, 0) is 36.5 Å². The zero-order chi connectivity index (χ0) is 20.7. The number of fused-ring (bicyclic) bond motifs is 2. The van der Waals surface area contributed by atoms with Gasteiger partial charge in [0.05, 0.1) is 6.61 Å². The van der Waals surface area contributed by atoms with Gasteiger partial charge in [0.2, 0.25) is 5.91 Å². The number of aryl methyl sites for hydroxylation is 1. The first-order valence-electron chi connectivity index (χ1n) is 10.5. The molecule has 0 bridgehead atoms. The van der Waals surface area contributed by atoms with Crippen LogP contribution in [0.1, 0.15) is 36.6 Å². The third-order valence-corrected chi connectivity index (χ3v) is 6.80. The number of amides is 1. The highest BCUT2D eigenvalue weighted by Crippen LogP contribution is 2.39.